The molecule has 1 rings (SSSR count). The van der Waals surface area contributed by atoms with Crippen molar-refractivity contribution in [2.75, 3.05) is 11.9 Å². The normalized spacial score (nSPS) is 12.4. The number of rotatable bonds is 6. The summed E-state index contributed by atoms with van der Waals surface area (Å²) in [5, 5.41) is 8.17. The molecule has 0 aliphatic rings. The Kier molecular flexibility index (Phi) is 4.67. The van der Waals surface area contributed by atoms with Crippen molar-refractivity contribution < 1.29 is 0 Å². The van der Waals surface area contributed by atoms with Gasteiger partial charge < -0.3 is 10.6 Å². The predicted octanol–water partition coefficient (Wildman–Crippen LogP) is 1.64. The second-order valence-electron chi connectivity index (χ2n) is 3.93. The van der Waals surface area contributed by atoms with Crippen molar-refractivity contribution in [3.05, 3.63) is 5.82 Å². The molecule has 3 N–H and O–H groups in total. The van der Waals surface area contributed by atoms with E-state index >= 15 is 0 Å². The summed E-state index contributed by atoms with van der Waals surface area (Å²) in [6, 6.07) is 0.180. The molecule has 0 amide bonds. The van der Waals surface area contributed by atoms with Gasteiger partial charge in [-0.25, -0.2) is 4.98 Å². The number of nitrogens with two attached hydrogens (primary N) is 1. The fourth-order valence-corrected chi connectivity index (χ4v) is 2.13. The molecule has 0 bridgehead atoms. The third-order valence-corrected chi connectivity index (χ3v) is 3.25. The van der Waals surface area contributed by atoms with Gasteiger partial charge in [-0.05, 0) is 13.3 Å². The molecule has 1 aromatic heterocycles. The van der Waals surface area contributed by atoms with Gasteiger partial charge in [0.2, 0.25) is 5.13 Å². The minimum atomic E-state index is 0.180. The number of anilines is 1. The Bertz CT molecular complexity index is 349. The fourth-order valence-electron chi connectivity index (χ4n) is 1.36. The molecule has 0 aromatic carbocycles. The van der Waals surface area contributed by atoms with E-state index in [2.05, 4.69) is 16.3 Å². The maximum atomic E-state index is 7.27. The van der Waals surface area contributed by atoms with E-state index < -0.39 is 0 Å². The molecule has 16 heavy (non-hydrogen) atoms. The van der Waals surface area contributed by atoms with Crippen LogP contribution in [0.5, 0.6) is 0 Å². The van der Waals surface area contributed by atoms with Crippen molar-refractivity contribution in [1.29, 1.82) is 5.41 Å². The van der Waals surface area contributed by atoms with Crippen LogP contribution >= 0.6 is 11.5 Å². The van der Waals surface area contributed by atoms with Gasteiger partial charge in [0.25, 0.3) is 0 Å². The van der Waals surface area contributed by atoms with E-state index in [4.69, 9.17) is 11.1 Å². The Balaban J connectivity index is 2.64. The lowest BCUT2D eigenvalue weighted by molar-refractivity contribution is 0.704. The lowest BCUT2D eigenvalue weighted by atomic mass is 10.2. The molecule has 1 atom stereocenters. The molecular weight excluding hydrogens is 222 g/mol. The highest BCUT2D eigenvalue weighted by Crippen LogP contribution is 2.19. The van der Waals surface area contributed by atoms with Crippen molar-refractivity contribution in [1.82, 2.24) is 9.36 Å². The minimum absolute atomic E-state index is 0.180. The SMILES string of the molecule is CCCc1nsc(N(C)C(C)CC(=N)N)n1. The number of amidine groups is 1. The average Bonchev–Trinajstić information content (AvgIpc) is 2.64. The Labute approximate surface area is 100 Å². The molecule has 0 fully saturated rings. The van der Waals surface area contributed by atoms with Gasteiger partial charge in [-0.15, -0.1) is 0 Å². The summed E-state index contributed by atoms with van der Waals surface area (Å²) in [5.74, 6) is 1.11. The lowest BCUT2D eigenvalue weighted by Gasteiger charge is -2.23. The van der Waals surface area contributed by atoms with Crippen LogP contribution in [0.3, 0.4) is 0 Å². The molecule has 6 heteroatoms. The summed E-state index contributed by atoms with van der Waals surface area (Å²) in [5.41, 5.74) is 5.39. The molecule has 1 unspecified atom stereocenters. The zero-order valence-corrected chi connectivity index (χ0v) is 10.8. The van der Waals surface area contributed by atoms with Gasteiger partial charge >= 0.3 is 0 Å². The number of nitrogens with one attached hydrogen (secondary N) is 1. The first-order chi connectivity index (χ1) is 7.54. The van der Waals surface area contributed by atoms with Crippen LogP contribution in [-0.4, -0.2) is 28.3 Å². The average molecular weight is 241 g/mol. The minimum Gasteiger partial charge on any atom is -0.388 e. The van der Waals surface area contributed by atoms with Gasteiger partial charge in [0.1, 0.15) is 5.82 Å². The third kappa shape index (κ3) is 3.44. The first-order valence-electron chi connectivity index (χ1n) is 5.43. The van der Waals surface area contributed by atoms with E-state index in [0.717, 1.165) is 23.8 Å². The van der Waals surface area contributed by atoms with Gasteiger partial charge in [0, 0.05) is 37.5 Å². The number of hydrogen-bond acceptors (Lipinski definition) is 5. The van der Waals surface area contributed by atoms with E-state index in [0.29, 0.717) is 6.42 Å². The maximum Gasteiger partial charge on any atom is 0.205 e. The fraction of sp³-hybridized carbons (Fsp3) is 0.700. The molecule has 0 radical (unpaired) electrons. The van der Waals surface area contributed by atoms with Crippen LogP contribution in [0.15, 0.2) is 0 Å². The van der Waals surface area contributed by atoms with Crippen LogP contribution in [0.1, 0.15) is 32.5 Å². The third-order valence-electron chi connectivity index (χ3n) is 2.41. The van der Waals surface area contributed by atoms with E-state index in [1.54, 1.807) is 0 Å². The number of nitrogens with zero attached hydrogens (tertiary/aromatic N) is 3. The van der Waals surface area contributed by atoms with E-state index in [1.807, 2.05) is 18.9 Å². The summed E-state index contributed by atoms with van der Waals surface area (Å²) < 4.78 is 4.29. The quantitative estimate of drug-likeness (QED) is 0.586. The van der Waals surface area contributed by atoms with Crippen LogP contribution in [0.2, 0.25) is 0 Å². The van der Waals surface area contributed by atoms with E-state index in [9.17, 15) is 0 Å². The van der Waals surface area contributed by atoms with Crippen molar-refractivity contribution >= 4 is 22.5 Å². The lowest BCUT2D eigenvalue weighted by Crippen LogP contribution is -2.32. The Morgan fingerprint density at radius 3 is 2.88 bits per heavy atom. The van der Waals surface area contributed by atoms with E-state index in [1.165, 1.54) is 11.5 Å². The van der Waals surface area contributed by atoms with Crippen LogP contribution in [0.4, 0.5) is 5.13 Å². The number of hydrogen-bond donors (Lipinski definition) is 2. The first-order valence-corrected chi connectivity index (χ1v) is 6.20. The summed E-state index contributed by atoms with van der Waals surface area (Å²) in [6.45, 7) is 4.14. The molecule has 0 aliphatic heterocycles. The summed E-state index contributed by atoms with van der Waals surface area (Å²) in [6.07, 6.45) is 2.54. The molecule has 1 heterocycles. The van der Waals surface area contributed by atoms with Crippen LogP contribution in [-0.2, 0) is 6.42 Å². The van der Waals surface area contributed by atoms with Gasteiger partial charge in [0.15, 0.2) is 0 Å². The molecular formula is C10H19N5S. The van der Waals surface area contributed by atoms with Gasteiger partial charge in [-0.3, -0.25) is 5.41 Å². The summed E-state index contributed by atoms with van der Waals surface area (Å²) in [7, 11) is 1.96. The highest BCUT2D eigenvalue weighted by atomic mass is 32.1. The molecule has 0 aliphatic carbocycles. The molecule has 0 spiro atoms. The number of aryl methyl sites for hydroxylation is 1. The van der Waals surface area contributed by atoms with Gasteiger partial charge in [-0.2, -0.15) is 4.37 Å². The molecule has 90 valence electrons. The second-order valence-corrected chi connectivity index (χ2v) is 4.66. The topological polar surface area (TPSA) is 78.9 Å². The monoisotopic (exact) mass is 241 g/mol. The molecule has 0 saturated heterocycles. The second kappa shape index (κ2) is 5.79. The Morgan fingerprint density at radius 2 is 2.31 bits per heavy atom. The predicted molar refractivity (Wildman–Crippen MR) is 68.3 cm³/mol. The zero-order valence-electron chi connectivity index (χ0n) is 10.0. The van der Waals surface area contributed by atoms with Gasteiger partial charge in [-0.1, -0.05) is 6.92 Å². The van der Waals surface area contributed by atoms with Crippen LogP contribution in [0.25, 0.3) is 0 Å². The summed E-state index contributed by atoms with van der Waals surface area (Å²) in [4.78, 5) is 6.48. The smallest absolute Gasteiger partial charge is 0.205 e. The van der Waals surface area contributed by atoms with Crippen molar-refractivity contribution in [2.24, 2.45) is 5.73 Å². The van der Waals surface area contributed by atoms with E-state index in [-0.39, 0.29) is 11.9 Å². The maximum absolute atomic E-state index is 7.27. The van der Waals surface area contributed by atoms with Crippen molar-refractivity contribution in [3.63, 3.8) is 0 Å². The van der Waals surface area contributed by atoms with Gasteiger partial charge in [0.05, 0.1) is 5.84 Å². The molecule has 1 aromatic rings. The van der Waals surface area contributed by atoms with Crippen molar-refractivity contribution in [2.45, 2.75) is 39.2 Å². The van der Waals surface area contributed by atoms with Crippen LogP contribution < -0.4 is 10.6 Å². The van der Waals surface area contributed by atoms with Crippen molar-refractivity contribution in [3.8, 4) is 0 Å². The van der Waals surface area contributed by atoms with Crippen LogP contribution in [0, 0.1) is 5.41 Å². The molecule has 5 nitrogen and oxygen atoms in total. The molecule has 0 saturated carbocycles. The highest BCUT2D eigenvalue weighted by molar-refractivity contribution is 7.09. The largest absolute Gasteiger partial charge is 0.388 e. The highest BCUT2D eigenvalue weighted by Gasteiger charge is 2.15. The standard InChI is InChI=1S/C10H19N5S/c1-4-5-9-13-10(16-14-9)15(3)7(2)6-8(11)12/h7H,4-6H2,1-3H3,(H3,11,12). The Hall–Kier alpha value is -1.17. The zero-order chi connectivity index (χ0) is 12.1. The number of aromatic nitrogens is 2. The Morgan fingerprint density at radius 1 is 1.62 bits per heavy atom. The first kappa shape index (κ1) is 12.9. The summed E-state index contributed by atoms with van der Waals surface area (Å²) >= 11 is 1.41.